The van der Waals surface area contributed by atoms with E-state index in [2.05, 4.69) is 22.1 Å². The molecule has 1 N–H and O–H groups in total. The lowest BCUT2D eigenvalue weighted by Crippen LogP contribution is -2.26. The summed E-state index contributed by atoms with van der Waals surface area (Å²) >= 11 is 1.52. The monoisotopic (exact) mass is 478 g/mol. The maximum atomic E-state index is 13.5. The zero-order valence-electron chi connectivity index (χ0n) is 19.2. The normalized spacial score (nSPS) is 14.6. The summed E-state index contributed by atoms with van der Waals surface area (Å²) in [5.74, 6) is 6.14. The summed E-state index contributed by atoms with van der Waals surface area (Å²) in [7, 11) is 3.37. The number of hydrogen-bond donors (Lipinski definition) is 1. The van der Waals surface area contributed by atoms with Crippen molar-refractivity contribution in [2.75, 3.05) is 14.1 Å². The van der Waals surface area contributed by atoms with Crippen LogP contribution in [-0.4, -0.2) is 40.4 Å². The van der Waals surface area contributed by atoms with Crippen molar-refractivity contribution >= 4 is 34.5 Å². The minimum absolute atomic E-state index is 0.0840. The number of allylic oxidation sites excluding steroid dienone is 1. The molecule has 0 saturated carbocycles. The van der Waals surface area contributed by atoms with Gasteiger partial charge in [-0.2, -0.15) is 0 Å². The van der Waals surface area contributed by atoms with E-state index in [0.717, 1.165) is 16.7 Å². The van der Waals surface area contributed by atoms with Gasteiger partial charge in [0.05, 0.1) is 16.8 Å². The molecule has 0 radical (unpaired) electrons. The Balaban J connectivity index is 1.50. The number of ketones is 1. The number of Topliss-reactive ketones (excluding diaryl/α,β-unsaturated/α-hetero) is 1. The summed E-state index contributed by atoms with van der Waals surface area (Å²) in [5, 5.41) is 5.74. The molecule has 6 nitrogen and oxygen atoms in total. The van der Waals surface area contributed by atoms with Gasteiger partial charge in [-0.25, -0.2) is 4.79 Å². The first-order chi connectivity index (χ1) is 17.0. The van der Waals surface area contributed by atoms with Crippen molar-refractivity contribution in [2.45, 2.75) is 5.37 Å². The van der Waals surface area contributed by atoms with E-state index in [9.17, 15) is 9.59 Å². The van der Waals surface area contributed by atoms with Crippen LogP contribution in [0.3, 0.4) is 0 Å². The molecule has 35 heavy (non-hydrogen) atoms. The van der Waals surface area contributed by atoms with Crippen LogP contribution in [0.1, 0.15) is 32.4 Å². The van der Waals surface area contributed by atoms with Crippen LogP contribution >= 0.6 is 11.8 Å². The lowest BCUT2D eigenvalue weighted by Gasteiger charge is -2.12. The number of fused-ring (bicyclic) bond motifs is 1. The van der Waals surface area contributed by atoms with Crippen LogP contribution in [0.2, 0.25) is 0 Å². The van der Waals surface area contributed by atoms with E-state index in [1.54, 1.807) is 32.7 Å². The summed E-state index contributed by atoms with van der Waals surface area (Å²) in [6, 6.07) is 18.9. The highest BCUT2D eigenvalue weighted by Crippen LogP contribution is 2.35. The maximum absolute atomic E-state index is 13.5. The van der Waals surface area contributed by atoms with Crippen LogP contribution in [0.5, 0.6) is 0 Å². The molecule has 0 bridgehead atoms. The van der Waals surface area contributed by atoms with Crippen molar-refractivity contribution in [3.05, 3.63) is 113 Å². The molecule has 3 heterocycles. The van der Waals surface area contributed by atoms with Crippen LogP contribution in [0, 0.1) is 11.8 Å². The molecule has 2 aromatic carbocycles. The number of thioether (sulfide) groups is 1. The average Bonchev–Trinajstić information content (AvgIpc) is 3.53. The predicted molar refractivity (Wildman–Crippen MR) is 139 cm³/mol. The van der Waals surface area contributed by atoms with Gasteiger partial charge >= 0.3 is 6.03 Å². The maximum Gasteiger partial charge on any atom is 0.328 e. The standard InChI is InChI=1S/C28H22N4O2S/c1-31(2)28(34)32-17-23(26(33)24-18-35-27(30-24)21-9-6-14-29-16-21)22-13-12-20(15-25(22)32)11-10-19-7-4-3-5-8-19/h3-9,12-18,27,30H,1-2H3. The number of rotatable bonds is 3. The van der Waals surface area contributed by atoms with E-state index in [-0.39, 0.29) is 17.2 Å². The highest BCUT2D eigenvalue weighted by Gasteiger charge is 2.27. The van der Waals surface area contributed by atoms with E-state index in [0.29, 0.717) is 22.2 Å². The summed E-state index contributed by atoms with van der Waals surface area (Å²) in [6.45, 7) is 0. The summed E-state index contributed by atoms with van der Waals surface area (Å²) in [5.41, 5.74) is 4.25. The Morgan fingerprint density at radius 3 is 2.57 bits per heavy atom. The summed E-state index contributed by atoms with van der Waals surface area (Å²) in [4.78, 5) is 32.1. The molecule has 0 fully saturated rings. The van der Waals surface area contributed by atoms with Crippen LogP contribution in [0.15, 0.2) is 90.4 Å². The molecule has 4 aromatic rings. The average molecular weight is 479 g/mol. The second-order valence-corrected chi connectivity index (χ2v) is 9.22. The van der Waals surface area contributed by atoms with Crippen molar-refractivity contribution in [1.82, 2.24) is 19.8 Å². The molecule has 0 spiro atoms. The number of pyridine rings is 1. The quantitative estimate of drug-likeness (QED) is 0.331. The van der Waals surface area contributed by atoms with Crippen molar-refractivity contribution in [3.8, 4) is 11.8 Å². The highest BCUT2D eigenvalue weighted by molar-refractivity contribution is 8.02. The smallest absolute Gasteiger partial charge is 0.328 e. The van der Waals surface area contributed by atoms with Crippen molar-refractivity contribution in [3.63, 3.8) is 0 Å². The molecule has 5 rings (SSSR count). The van der Waals surface area contributed by atoms with Gasteiger partial charge < -0.3 is 10.2 Å². The third-order valence-corrected chi connectivity index (χ3v) is 6.64. The minimum Gasteiger partial charge on any atom is -0.366 e. The number of nitrogens with one attached hydrogen (secondary N) is 1. The lowest BCUT2D eigenvalue weighted by molar-refractivity contribution is 0.102. The number of carbonyl (C=O) groups excluding carboxylic acids is 2. The first-order valence-electron chi connectivity index (χ1n) is 11.0. The van der Waals surface area contributed by atoms with Gasteiger partial charge in [0.25, 0.3) is 0 Å². The van der Waals surface area contributed by atoms with Crippen molar-refractivity contribution in [2.24, 2.45) is 0 Å². The van der Waals surface area contributed by atoms with Crippen molar-refractivity contribution < 1.29 is 9.59 Å². The SMILES string of the molecule is CN(C)C(=O)n1cc(C(=O)C2=CSC(c3cccnc3)N2)c2ccc(C#Cc3ccccc3)cc21. The Morgan fingerprint density at radius 1 is 1.03 bits per heavy atom. The van der Waals surface area contributed by atoms with E-state index < -0.39 is 0 Å². The molecule has 172 valence electrons. The summed E-state index contributed by atoms with van der Waals surface area (Å²) < 4.78 is 1.51. The fourth-order valence-corrected chi connectivity index (χ4v) is 4.77. The zero-order chi connectivity index (χ0) is 24.4. The molecule has 1 aliphatic rings. The molecule has 0 aliphatic carbocycles. The van der Waals surface area contributed by atoms with E-state index >= 15 is 0 Å². The van der Waals surface area contributed by atoms with Crippen LogP contribution < -0.4 is 5.32 Å². The highest BCUT2D eigenvalue weighted by atomic mass is 32.2. The van der Waals surface area contributed by atoms with E-state index in [4.69, 9.17) is 0 Å². The van der Waals surface area contributed by atoms with Crippen LogP contribution in [0.4, 0.5) is 4.79 Å². The van der Waals surface area contributed by atoms with Gasteiger partial charge in [0, 0.05) is 60.2 Å². The van der Waals surface area contributed by atoms with Crippen LogP contribution in [0.25, 0.3) is 10.9 Å². The Labute approximate surface area is 207 Å². The first-order valence-corrected chi connectivity index (χ1v) is 12.0. The number of nitrogens with zero attached hydrogens (tertiary/aromatic N) is 3. The number of amides is 1. The molecule has 1 atom stereocenters. The van der Waals surface area contributed by atoms with Gasteiger partial charge in [-0.05, 0) is 30.3 Å². The third kappa shape index (κ3) is 4.57. The van der Waals surface area contributed by atoms with Crippen molar-refractivity contribution in [1.29, 1.82) is 0 Å². The van der Waals surface area contributed by atoms with Gasteiger partial charge in [-0.3, -0.25) is 14.3 Å². The number of hydrogen-bond acceptors (Lipinski definition) is 5. The van der Waals surface area contributed by atoms with Gasteiger partial charge in [0.2, 0.25) is 5.78 Å². The Kier molecular flexibility index (Phi) is 6.13. The molecular weight excluding hydrogens is 456 g/mol. The number of benzene rings is 2. The summed E-state index contributed by atoms with van der Waals surface area (Å²) in [6.07, 6.45) is 5.12. The predicted octanol–water partition coefficient (Wildman–Crippen LogP) is 5.03. The topological polar surface area (TPSA) is 67.2 Å². The molecule has 7 heteroatoms. The largest absolute Gasteiger partial charge is 0.366 e. The second kappa shape index (κ2) is 9.53. The third-order valence-electron chi connectivity index (χ3n) is 5.60. The van der Waals surface area contributed by atoms with E-state index in [1.807, 2.05) is 66.1 Å². The first kappa shape index (κ1) is 22.5. The molecule has 1 aliphatic heterocycles. The van der Waals surface area contributed by atoms with Crippen LogP contribution in [-0.2, 0) is 0 Å². The molecule has 1 amide bonds. The van der Waals surface area contributed by atoms with Gasteiger partial charge in [0.15, 0.2) is 0 Å². The molecule has 1 unspecified atom stereocenters. The van der Waals surface area contributed by atoms with Gasteiger partial charge in [-0.15, -0.1) is 11.8 Å². The Morgan fingerprint density at radius 2 is 1.83 bits per heavy atom. The number of carbonyl (C=O) groups is 2. The fourth-order valence-electron chi connectivity index (χ4n) is 3.83. The zero-order valence-corrected chi connectivity index (χ0v) is 20.0. The Hall–Kier alpha value is -4.28. The Bertz CT molecular complexity index is 1510. The fraction of sp³-hybridized carbons (Fsp3) is 0.107. The lowest BCUT2D eigenvalue weighted by atomic mass is 10.1. The van der Waals surface area contributed by atoms with Gasteiger partial charge in [-0.1, -0.05) is 42.2 Å². The minimum atomic E-state index is -0.238. The van der Waals surface area contributed by atoms with Gasteiger partial charge in [0.1, 0.15) is 5.37 Å². The molecular formula is C28H22N4O2S. The number of aromatic nitrogens is 2. The molecule has 0 saturated heterocycles. The molecule has 2 aromatic heterocycles. The van der Waals surface area contributed by atoms with E-state index in [1.165, 1.54) is 21.2 Å². The second-order valence-electron chi connectivity index (χ2n) is 8.25.